The predicted molar refractivity (Wildman–Crippen MR) is 84.9 cm³/mol. The first-order valence-electron chi connectivity index (χ1n) is 7.85. The fourth-order valence-corrected chi connectivity index (χ4v) is 2.71. The molecule has 116 valence electrons. The van der Waals surface area contributed by atoms with Crippen molar-refractivity contribution in [2.45, 2.75) is 45.3 Å². The van der Waals surface area contributed by atoms with E-state index in [0.29, 0.717) is 12.2 Å². The number of aryl methyl sites for hydroxylation is 1. The van der Waals surface area contributed by atoms with Crippen LogP contribution in [0, 0.1) is 0 Å². The average Bonchev–Trinajstić information content (AvgIpc) is 2.97. The lowest BCUT2D eigenvalue weighted by Crippen LogP contribution is -2.33. The van der Waals surface area contributed by atoms with Crippen molar-refractivity contribution in [3.8, 4) is 5.75 Å². The van der Waals surface area contributed by atoms with E-state index >= 15 is 0 Å². The number of amides is 1. The van der Waals surface area contributed by atoms with Gasteiger partial charge in [0.1, 0.15) is 17.4 Å². The summed E-state index contributed by atoms with van der Waals surface area (Å²) in [6, 6.07) is 9.43. The minimum absolute atomic E-state index is 0.125. The first kappa shape index (κ1) is 14.6. The van der Waals surface area contributed by atoms with E-state index in [1.165, 1.54) is 6.42 Å². The van der Waals surface area contributed by atoms with Crippen molar-refractivity contribution < 1.29 is 9.53 Å². The first-order chi connectivity index (χ1) is 10.8. The number of benzene rings is 1. The summed E-state index contributed by atoms with van der Waals surface area (Å²) in [6.07, 6.45) is 5.13. The van der Waals surface area contributed by atoms with Gasteiger partial charge >= 0.3 is 0 Å². The van der Waals surface area contributed by atoms with Crippen LogP contribution in [-0.4, -0.2) is 21.6 Å². The van der Waals surface area contributed by atoms with Crippen LogP contribution in [0.5, 0.6) is 5.75 Å². The molecule has 5 heteroatoms. The molecule has 0 radical (unpaired) electrons. The van der Waals surface area contributed by atoms with E-state index in [4.69, 9.17) is 4.74 Å². The second kappa shape index (κ2) is 6.64. The number of hydrogen-bond acceptors (Lipinski definition) is 3. The van der Waals surface area contributed by atoms with Crippen molar-refractivity contribution in [3.63, 3.8) is 0 Å². The Bertz CT molecular complexity index is 637. The molecule has 0 spiro atoms. The molecule has 2 heterocycles. The van der Waals surface area contributed by atoms with E-state index in [0.717, 1.165) is 31.0 Å². The smallest absolute Gasteiger partial charge is 0.266 e. The monoisotopic (exact) mass is 299 g/mol. The van der Waals surface area contributed by atoms with Gasteiger partial charge in [0.2, 0.25) is 0 Å². The number of imidazole rings is 1. The topological polar surface area (TPSA) is 56.1 Å². The Balaban J connectivity index is 1.68. The SMILES string of the molecule is CC[C@H](Oc1ccccc1)C(=O)Nc1cnc2n1CCCC2. The van der Waals surface area contributed by atoms with Gasteiger partial charge in [-0.1, -0.05) is 25.1 Å². The van der Waals surface area contributed by atoms with Gasteiger partial charge < -0.3 is 14.6 Å². The molecule has 0 fully saturated rings. The number of anilines is 1. The maximum absolute atomic E-state index is 12.5. The average molecular weight is 299 g/mol. The quantitative estimate of drug-likeness (QED) is 0.923. The summed E-state index contributed by atoms with van der Waals surface area (Å²) in [6.45, 7) is 2.86. The van der Waals surface area contributed by atoms with E-state index < -0.39 is 6.10 Å². The van der Waals surface area contributed by atoms with Crippen molar-refractivity contribution in [2.24, 2.45) is 0 Å². The molecule has 3 rings (SSSR count). The molecule has 1 N–H and O–H groups in total. The zero-order chi connectivity index (χ0) is 15.4. The molecule has 1 aliphatic heterocycles. The van der Waals surface area contributed by atoms with Crippen molar-refractivity contribution >= 4 is 11.7 Å². The van der Waals surface area contributed by atoms with Gasteiger partial charge in [-0.25, -0.2) is 4.98 Å². The zero-order valence-electron chi connectivity index (χ0n) is 12.8. The van der Waals surface area contributed by atoms with Gasteiger partial charge in [-0.15, -0.1) is 0 Å². The molecular weight excluding hydrogens is 278 g/mol. The second-order valence-corrected chi connectivity index (χ2v) is 5.49. The number of carbonyl (C=O) groups excluding carboxylic acids is 1. The number of nitrogens with one attached hydrogen (secondary N) is 1. The number of hydrogen-bond donors (Lipinski definition) is 1. The highest BCUT2D eigenvalue weighted by atomic mass is 16.5. The van der Waals surface area contributed by atoms with Crippen molar-refractivity contribution in [1.82, 2.24) is 9.55 Å². The fraction of sp³-hybridized carbons (Fsp3) is 0.412. The second-order valence-electron chi connectivity index (χ2n) is 5.49. The van der Waals surface area contributed by atoms with Crippen LogP contribution in [0.2, 0.25) is 0 Å². The molecule has 0 unspecified atom stereocenters. The highest BCUT2D eigenvalue weighted by Gasteiger charge is 2.21. The predicted octanol–water partition coefficient (Wildman–Crippen LogP) is 3.02. The number of aromatic nitrogens is 2. The third kappa shape index (κ3) is 3.13. The van der Waals surface area contributed by atoms with Crippen molar-refractivity contribution in [1.29, 1.82) is 0 Å². The van der Waals surface area contributed by atoms with E-state index in [1.54, 1.807) is 6.20 Å². The first-order valence-corrected chi connectivity index (χ1v) is 7.85. The molecule has 1 aromatic heterocycles. The molecule has 0 bridgehead atoms. The number of para-hydroxylation sites is 1. The molecule has 1 atom stereocenters. The zero-order valence-corrected chi connectivity index (χ0v) is 12.8. The highest BCUT2D eigenvalue weighted by molar-refractivity contribution is 5.93. The van der Waals surface area contributed by atoms with Crippen LogP contribution >= 0.6 is 0 Å². The van der Waals surface area contributed by atoms with Crippen LogP contribution in [0.15, 0.2) is 36.5 Å². The Morgan fingerprint density at radius 1 is 1.36 bits per heavy atom. The molecule has 1 amide bonds. The molecular formula is C17H21N3O2. The van der Waals surface area contributed by atoms with Crippen molar-refractivity contribution in [3.05, 3.63) is 42.4 Å². The van der Waals surface area contributed by atoms with Crippen LogP contribution < -0.4 is 10.1 Å². The van der Waals surface area contributed by atoms with Crippen LogP contribution in [0.4, 0.5) is 5.82 Å². The van der Waals surface area contributed by atoms with Gasteiger partial charge in [-0.3, -0.25) is 4.79 Å². The summed E-state index contributed by atoms with van der Waals surface area (Å²) in [5.74, 6) is 2.41. The van der Waals surface area contributed by atoms with E-state index in [1.807, 2.05) is 37.3 Å². The van der Waals surface area contributed by atoms with Gasteiger partial charge in [0.25, 0.3) is 5.91 Å². The number of nitrogens with zero attached hydrogens (tertiary/aromatic N) is 2. The largest absolute Gasteiger partial charge is 0.481 e. The standard InChI is InChI=1S/C17H21N3O2/c1-2-14(22-13-8-4-3-5-9-13)17(21)19-16-12-18-15-10-6-7-11-20(15)16/h3-5,8-9,12,14H,2,6-7,10-11H2,1H3,(H,19,21)/t14-/m0/s1. The molecule has 22 heavy (non-hydrogen) atoms. The molecule has 1 aliphatic rings. The molecule has 5 nitrogen and oxygen atoms in total. The van der Waals surface area contributed by atoms with Crippen LogP contribution in [0.1, 0.15) is 32.0 Å². The lowest BCUT2D eigenvalue weighted by Gasteiger charge is -2.19. The van der Waals surface area contributed by atoms with E-state index in [-0.39, 0.29) is 5.91 Å². The third-order valence-electron chi connectivity index (χ3n) is 3.91. The summed E-state index contributed by atoms with van der Waals surface area (Å²) in [7, 11) is 0. The molecule has 2 aromatic rings. The van der Waals surface area contributed by atoms with Gasteiger partial charge in [0, 0.05) is 13.0 Å². The molecule has 1 aromatic carbocycles. The number of fused-ring (bicyclic) bond motifs is 1. The number of ether oxygens (including phenoxy) is 1. The Morgan fingerprint density at radius 2 is 2.18 bits per heavy atom. The summed E-state index contributed by atoms with van der Waals surface area (Å²) >= 11 is 0. The van der Waals surface area contributed by atoms with E-state index in [2.05, 4.69) is 14.9 Å². The minimum Gasteiger partial charge on any atom is -0.481 e. The third-order valence-corrected chi connectivity index (χ3v) is 3.91. The van der Waals surface area contributed by atoms with Crippen LogP contribution in [0.3, 0.4) is 0 Å². The summed E-state index contributed by atoms with van der Waals surface area (Å²) in [5, 5.41) is 2.96. The Hall–Kier alpha value is -2.30. The number of rotatable bonds is 5. The Morgan fingerprint density at radius 3 is 2.95 bits per heavy atom. The molecule has 0 saturated carbocycles. The van der Waals surface area contributed by atoms with E-state index in [9.17, 15) is 4.79 Å². The van der Waals surface area contributed by atoms with Gasteiger partial charge in [0.05, 0.1) is 6.20 Å². The van der Waals surface area contributed by atoms with Crippen molar-refractivity contribution in [2.75, 3.05) is 5.32 Å². The molecule has 0 aliphatic carbocycles. The number of carbonyl (C=O) groups is 1. The normalized spacial score (nSPS) is 15.0. The maximum atomic E-state index is 12.5. The maximum Gasteiger partial charge on any atom is 0.266 e. The van der Waals surface area contributed by atoms with Gasteiger partial charge in [-0.05, 0) is 31.4 Å². The lowest BCUT2D eigenvalue weighted by atomic mass is 10.2. The summed E-state index contributed by atoms with van der Waals surface area (Å²) in [4.78, 5) is 16.8. The van der Waals surface area contributed by atoms with Gasteiger partial charge in [-0.2, -0.15) is 0 Å². The van der Waals surface area contributed by atoms with Crippen LogP contribution in [-0.2, 0) is 17.8 Å². The van der Waals surface area contributed by atoms with Crippen LogP contribution in [0.25, 0.3) is 0 Å². The highest BCUT2D eigenvalue weighted by Crippen LogP contribution is 2.20. The summed E-state index contributed by atoms with van der Waals surface area (Å²) in [5.41, 5.74) is 0. The Kier molecular flexibility index (Phi) is 4.42. The Labute approximate surface area is 130 Å². The molecule has 0 saturated heterocycles. The lowest BCUT2D eigenvalue weighted by molar-refractivity contribution is -0.122. The fourth-order valence-electron chi connectivity index (χ4n) is 2.71. The van der Waals surface area contributed by atoms with Gasteiger partial charge in [0.15, 0.2) is 6.10 Å². The summed E-state index contributed by atoms with van der Waals surface area (Å²) < 4.78 is 7.87. The minimum atomic E-state index is -0.503.